The van der Waals surface area contributed by atoms with E-state index in [0.717, 1.165) is 0 Å². The molecule has 0 bridgehead atoms. The van der Waals surface area contributed by atoms with Gasteiger partial charge in [0.2, 0.25) is 0 Å². The molecule has 0 radical (unpaired) electrons. The quantitative estimate of drug-likeness (QED) is 0.757. The number of hydrogen-bond acceptors (Lipinski definition) is 4. The smallest absolute Gasteiger partial charge is 0.183 e. The molecule has 1 aromatic carbocycles. The van der Waals surface area contributed by atoms with E-state index in [2.05, 4.69) is 0 Å². The molecule has 82 valence electrons. The maximum Gasteiger partial charge on any atom is 0.183 e. The van der Waals surface area contributed by atoms with Crippen LogP contribution in [-0.2, 0) is 9.84 Å². The number of nitrogens with two attached hydrogens (primary N) is 1. The van der Waals surface area contributed by atoms with E-state index in [4.69, 9.17) is 10.8 Å². The van der Waals surface area contributed by atoms with Gasteiger partial charge in [-0.25, -0.2) is 8.42 Å². The number of aliphatic hydroxyl groups is 1. The second kappa shape index (κ2) is 3.30. The van der Waals surface area contributed by atoms with Crippen LogP contribution in [0, 0.1) is 0 Å². The van der Waals surface area contributed by atoms with Crippen LogP contribution in [0.1, 0.15) is 6.42 Å². The maximum absolute atomic E-state index is 12.0. The van der Waals surface area contributed by atoms with Crippen molar-refractivity contribution in [2.24, 2.45) is 5.73 Å². The van der Waals surface area contributed by atoms with Gasteiger partial charge < -0.3 is 10.8 Å². The number of rotatable bonds is 3. The highest BCUT2D eigenvalue weighted by atomic mass is 32.2. The molecule has 1 aromatic rings. The highest BCUT2D eigenvalue weighted by molar-refractivity contribution is 7.92. The van der Waals surface area contributed by atoms with Gasteiger partial charge in [0.05, 0.1) is 22.3 Å². The molecule has 3 N–H and O–H groups in total. The predicted molar refractivity (Wildman–Crippen MR) is 56.0 cm³/mol. The number of sulfone groups is 1. The molecule has 4 nitrogen and oxygen atoms in total. The summed E-state index contributed by atoms with van der Waals surface area (Å²) in [5, 5.41) is 8.32. The summed E-state index contributed by atoms with van der Waals surface area (Å²) in [6, 6.07) is 8.20. The molecule has 0 heterocycles. The van der Waals surface area contributed by atoms with Crippen molar-refractivity contribution in [1.82, 2.24) is 0 Å². The Balaban J connectivity index is 2.32. The molecule has 15 heavy (non-hydrogen) atoms. The first kappa shape index (κ1) is 10.6. The van der Waals surface area contributed by atoms with Crippen molar-refractivity contribution in [3.8, 4) is 0 Å². The lowest BCUT2D eigenvalue weighted by Gasteiger charge is -2.08. The van der Waals surface area contributed by atoms with Gasteiger partial charge in [-0.1, -0.05) is 18.2 Å². The summed E-state index contributed by atoms with van der Waals surface area (Å²) in [7, 11) is -3.37. The minimum atomic E-state index is -3.37. The van der Waals surface area contributed by atoms with Gasteiger partial charge in [-0.05, 0) is 18.6 Å². The van der Waals surface area contributed by atoms with Gasteiger partial charge in [0.1, 0.15) is 0 Å². The monoisotopic (exact) mass is 227 g/mol. The highest BCUT2D eigenvalue weighted by Gasteiger charge is 2.58. The SMILES string of the molecule is N[C@]1(CO)C[C@@H]1S(=O)(=O)c1ccccc1. The summed E-state index contributed by atoms with van der Waals surface area (Å²) in [6.07, 6.45) is 0.334. The van der Waals surface area contributed by atoms with Crippen LogP contribution in [0.3, 0.4) is 0 Å². The molecule has 0 aromatic heterocycles. The zero-order valence-corrected chi connectivity index (χ0v) is 8.94. The van der Waals surface area contributed by atoms with Crippen LogP contribution < -0.4 is 5.73 Å². The Morgan fingerprint density at radius 2 is 2.00 bits per heavy atom. The fourth-order valence-electron chi connectivity index (χ4n) is 1.65. The van der Waals surface area contributed by atoms with E-state index in [9.17, 15) is 8.42 Å². The van der Waals surface area contributed by atoms with Gasteiger partial charge in [-0.3, -0.25) is 0 Å². The first-order chi connectivity index (χ1) is 7.00. The van der Waals surface area contributed by atoms with Gasteiger partial charge in [-0.2, -0.15) is 0 Å². The zero-order valence-electron chi connectivity index (χ0n) is 8.13. The van der Waals surface area contributed by atoms with Crippen LogP contribution in [0.25, 0.3) is 0 Å². The van der Waals surface area contributed by atoms with Crippen molar-refractivity contribution < 1.29 is 13.5 Å². The Hall–Kier alpha value is -0.910. The molecule has 1 aliphatic rings. The molecule has 5 heteroatoms. The third-order valence-electron chi connectivity index (χ3n) is 2.79. The van der Waals surface area contributed by atoms with Crippen molar-refractivity contribution in [2.75, 3.05) is 6.61 Å². The molecular formula is C10H13NO3S. The molecule has 2 rings (SSSR count). The number of aliphatic hydroxyl groups excluding tert-OH is 1. The lowest BCUT2D eigenvalue weighted by molar-refractivity contribution is 0.257. The number of hydrogen-bond donors (Lipinski definition) is 2. The van der Waals surface area contributed by atoms with Crippen LogP contribution in [0.15, 0.2) is 35.2 Å². The normalized spacial score (nSPS) is 30.1. The predicted octanol–water partition coefficient (Wildman–Crippen LogP) is -0.0776. The minimum absolute atomic E-state index is 0.274. The van der Waals surface area contributed by atoms with Crippen LogP contribution in [0.4, 0.5) is 0 Å². The second-order valence-electron chi connectivity index (χ2n) is 3.94. The third kappa shape index (κ3) is 1.67. The standard InChI is InChI=1S/C10H13NO3S/c11-10(7-12)6-9(10)15(13,14)8-4-2-1-3-5-8/h1-5,9,12H,6-7,11H2/t9-,10-/m0/s1. The minimum Gasteiger partial charge on any atom is -0.394 e. The van der Waals surface area contributed by atoms with Gasteiger partial charge >= 0.3 is 0 Å². The van der Waals surface area contributed by atoms with Crippen LogP contribution >= 0.6 is 0 Å². The van der Waals surface area contributed by atoms with E-state index >= 15 is 0 Å². The Morgan fingerprint density at radius 1 is 1.40 bits per heavy atom. The molecule has 0 saturated heterocycles. The van der Waals surface area contributed by atoms with Gasteiger partial charge in [-0.15, -0.1) is 0 Å². The van der Waals surface area contributed by atoms with Gasteiger partial charge in [0.25, 0.3) is 0 Å². The van der Waals surface area contributed by atoms with E-state index in [1.54, 1.807) is 30.3 Å². The van der Waals surface area contributed by atoms with Crippen LogP contribution in [0.5, 0.6) is 0 Å². The molecular weight excluding hydrogens is 214 g/mol. The molecule has 1 aliphatic carbocycles. The summed E-state index contributed by atoms with van der Waals surface area (Å²) >= 11 is 0. The first-order valence-corrected chi connectivity index (χ1v) is 6.24. The third-order valence-corrected chi connectivity index (χ3v) is 5.10. The van der Waals surface area contributed by atoms with Crippen molar-refractivity contribution >= 4 is 9.84 Å². The van der Waals surface area contributed by atoms with Crippen LogP contribution in [0.2, 0.25) is 0 Å². The van der Waals surface area contributed by atoms with E-state index < -0.39 is 20.6 Å². The molecule has 0 amide bonds. The molecule has 1 saturated carbocycles. The molecule has 0 aliphatic heterocycles. The van der Waals surface area contributed by atoms with E-state index in [0.29, 0.717) is 6.42 Å². The van der Waals surface area contributed by atoms with E-state index in [-0.39, 0.29) is 11.5 Å². The first-order valence-electron chi connectivity index (χ1n) is 4.69. The summed E-state index contributed by atoms with van der Waals surface area (Å²) < 4.78 is 24.0. The topological polar surface area (TPSA) is 80.4 Å². The van der Waals surface area contributed by atoms with E-state index in [1.807, 2.05) is 0 Å². The Kier molecular flexibility index (Phi) is 2.33. The van der Waals surface area contributed by atoms with Gasteiger partial charge in [0.15, 0.2) is 9.84 Å². The van der Waals surface area contributed by atoms with Crippen molar-refractivity contribution in [3.05, 3.63) is 30.3 Å². The Bertz CT molecular complexity index is 457. The highest BCUT2D eigenvalue weighted by Crippen LogP contribution is 2.41. The summed E-state index contributed by atoms with van der Waals surface area (Å²) in [4.78, 5) is 0.274. The Morgan fingerprint density at radius 3 is 2.47 bits per heavy atom. The Labute approximate surface area is 88.6 Å². The van der Waals surface area contributed by atoms with Crippen molar-refractivity contribution in [3.63, 3.8) is 0 Å². The average molecular weight is 227 g/mol. The summed E-state index contributed by atoms with van der Waals surface area (Å²) in [5.41, 5.74) is 4.75. The number of benzene rings is 1. The largest absolute Gasteiger partial charge is 0.394 e. The summed E-state index contributed by atoms with van der Waals surface area (Å²) in [5.74, 6) is 0. The van der Waals surface area contributed by atoms with E-state index in [1.165, 1.54) is 0 Å². The fraction of sp³-hybridized carbons (Fsp3) is 0.400. The molecule has 2 atom stereocenters. The zero-order chi connectivity index (χ0) is 11.1. The van der Waals surface area contributed by atoms with Crippen molar-refractivity contribution in [1.29, 1.82) is 0 Å². The summed E-state index contributed by atoms with van der Waals surface area (Å²) in [6.45, 7) is -0.288. The maximum atomic E-state index is 12.0. The second-order valence-corrected chi connectivity index (χ2v) is 6.07. The van der Waals surface area contributed by atoms with Gasteiger partial charge in [0, 0.05) is 0 Å². The molecule has 0 unspecified atom stereocenters. The lowest BCUT2D eigenvalue weighted by Crippen LogP contribution is -2.34. The molecule has 1 fully saturated rings. The van der Waals surface area contributed by atoms with Crippen LogP contribution in [-0.4, -0.2) is 30.9 Å². The van der Waals surface area contributed by atoms with Crippen molar-refractivity contribution in [2.45, 2.75) is 22.1 Å². The molecule has 0 spiro atoms. The average Bonchev–Trinajstić information content (AvgIpc) is 2.94. The fourth-order valence-corrected chi connectivity index (χ4v) is 3.73. The lowest BCUT2D eigenvalue weighted by atomic mass is 10.3.